The van der Waals surface area contributed by atoms with E-state index in [1.54, 1.807) is 12.1 Å². The first-order valence-electron chi connectivity index (χ1n) is 6.00. The van der Waals surface area contributed by atoms with Crippen molar-refractivity contribution in [1.29, 1.82) is 0 Å². The molecule has 0 saturated heterocycles. The lowest BCUT2D eigenvalue weighted by Gasteiger charge is -2.06. The highest BCUT2D eigenvalue weighted by Crippen LogP contribution is 2.18. The summed E-state index contributed by atoms with van der Waals surface area (Å²) in [5, 5.41) is 1.85. The molecule has 4 heteroatoms. The van der Waals surface area contributed by atoms with Crippen molar-refractivity contribution in [2.45, 2.75) is 19.8 Å². The normalized spacial score (nSPS) is 10.2. The molecule has 0 aliphatic heterocycles. The number of ether oxygens (including phenoxy) is 1. The third-order valence-corrected chi connectivity index (χ3v) is 3.58. The molecule has 0 amide bonds. The second-order valence-electron chi connectivity index (χ2n) is 4.14. The summed E-state index contributed by atoms with van der Waals surface area (Å²) < 4.78 is 5.23. The first kappa shape index (κ1) is 13.5. The molecule has 0 saturated carbocycles. The van der Waals surface area contributed by atoms with Gasteiger partial charge < -0.3 is 4.74 Å². The molecule has 98 valence electrons. The predicted octanol–water partition coefficient (Wildman–Crippen LogP) is 3.63. The maximum Gasteiger partial charge on any atom is 0.311 e. The Kier molecular flexibility index (Phi) is 4.47. The van der Waals surface area contributed by atoms with Crippen molar-refractivity contribution in [3.05, 3.63) is 52.2 Å². The third-order valence-electron chi connectivity index (χ3n) is 2.67. The van der Waals surface area contributed by atoms with Crippen molar-refractivity contribution in [2.75, 3.05) is 0 Å². The maximum absolute atomic E-state index is 11.7. The van der Waals surface area contributed by atoms with Crippen molar-refractivity contribution < 1.29 is 14.3 Å². The van der Waals surface area contributed by atoms with Crippen molar-refractivity contribution in [1.82, 2.24) is 0 Å². The molecule has 1 aromatic heterocycles. The first-order chi connectivity index (χ1) is 9.16. The molecule has 2 aromatic rings. The monoisotopic (exact) mass is 274 g/mol. The van der Waals surface area contributed by atoms with Crippen LogP contribution in [-0.4, -0.2) is 11.8 Å². The van der Waals surface area contributed by atoms with Crippen LogP contribution in [0.15, 0.2) is 41.8 Å². The number of benzene rings is 1. The van der Waals surface area contributed by atoms with E-state index >= 15 is 0 Å². The average molecular weight is 274 g/mol. The van der Waals surface area contributed by atoms with Crippen molar-refractivity contribution in [3.8, 4) is 5.75 Å². The zero-order valence-electron chi connectivity index (χ0n) is 10.6. The van der Waals surface area contributed by atoms with Gasteiger partial charge in [0.25, 0.3) is 0 Å². The topological polar surface area (TPSA) is 43.4 Å². The predicted molar refractivity (Wildman–Crippen MR) is 74.7 cm³/mol. The third kappa shape index (κ3) is 3.76. The molecule has 2 rings (SSSR count). The average Bonchev–Trinajstić information content (AvgIpc) is 2.93. The minimum atomic E-state index is -0.376. The maximum atomic E-state index is 11.7. The number of thiophene rings is 1. The number of esters is 1. The number of rotatable bonds is 5. The molecule has 1 heterocycles. The van der Waals surface area contributed by atoms with Crippen LogP contribution in [0.1, 0.15) is 28.1 Å². The van der Waals surface area contributed by atoms with Gasteiger partial charge in [0.05, 0.1) is 11.3 Å². The van der Waals surface area contributed by atoms with E-state index in [1.807, 2.05) is 36.6 Å². The van der Waals surface area contributed by atoms with Gasteiger partial charge in [-0.05, 0) is 30.0 Å². The minimum Gasteiger partial charge on any atom is -0.426 e. The van der Waals surface area contributed by atoms with Gasteiger partial charge in [-0.1, -0.05) is 24.3 Å². The van der Waals surface area contributed by atoms with E-state index in [1.165, 1.54) is 11.3 Å². The highest BCUT2D eigenvalue weighted by atomic mass is 32.1. The second-order valence-corrected chi connectivity index (χ2v) is 5.09. The molecule has 0 bridgehead atoms. The lowest BCUT2D eigenvalue weighted by molar-refractivity contribution is -0.134. The van der Waals surface area contributed by atoms with E-state index in [0.29, 0.717) is 10.6 Å². The van der Waals surface area contributed by atoms with Crippen LogP contribution in [0.2, 0.25) is 0 Å². The molecule has 1 aromatic carbocycles. The van der Waals surface area contributed by atoms with Crippen LogP contribution in [-0.2, 0) is 4.79 Å². The Balaban J connectivity index is 1.86. The van der Waals surface area contributed by atoms with Crippen LogP contribution in [0.3, 0.4) is 0 Å². The van der Waals surface area contributed by atoms with Gasteiger partial charge in [0.15, 0.2) is 5.78 Å². The molecule has 0 aliphatic rings. The largest absolute Gasteiger partial charge is 0.426 e. The Morgan fingerprint density at radius 3 is 2.58 bits per heavy atom. The number of hydrogen-bond donors (Lipinski definition) is 0. The number of hydrogen-bond acceptors (Lipinski definition) is 4. The van der Waals surface area contributed by atoms with E-state index in [2.05, 4.69) is 0 Å². The highest BCUT2D eigenvalue weighted by molar-refractivity contribution is 7.12. The second kappa shape index (κ2) is 6.29. The van der Waals surface area contributed by atoms with Gasteiger partial charge in [-0.25, -0.2) is 0 Å². The van der Waals surface area contributed by atoms with Gasteiger partial charge in [-0.2, -0.15) is 0 Å². The van der Waals surface area contributed by atoms with Crippen LogP contribution in [0, 0.1) is 6.92 Å². The fraction of sp³-hybridized carbons (Fsp3) is 0.200. The highest BCUT2D eigenvalue weighted by Gasteiger charge is 2.12. The molecule has 0 radical (unpaired) electrons. The Hall–Kier alpha value is -1.94. The van der Waals surface area contributed by atoms with Gasteiger partial charge in [0.2, 0.25) is 0 Å². The molecular weight excluding hydrogens is 260 g/mol. The smallest absolute Gasteiger partial charge is 0.311 e. The van der Waals surface area contributed by atoms with E-state index in [-0.39, 0.29) is 24.6 Å². The SMILES string of the molecule is Cc1ccccc1OC(=O)CCC(=O)c1cccs1. The summed E-state index contributed by atoms with van der Waals surface area (Å²) in [6.45, 7) is 1.87. The summed E-state index contributed by atoms with van der Waals surface area (Å²) >= 11 is 1.39. The van der Waals surface area contributed by atoms with Crippen molar-refractivity contribution >= 4 is 23.1 Å². The molecule has 0 spiro atoms. The Morgan fingerprint density at radius 2 is 1.89 bits per heavy atom. The molecule has 0 unspecified atom stereocenters. The molecule has 0 aliphatic carbocycles. The number of Topliss-reactive ketones (excluding diaryl/α,β-unsaturated/α-hetero) is 1. The van der Waals surface area contributed by atoms with Crippen LogP contribution in [0.25, 0.3) is 0 Å². The Morgan fingerprint density at radius 1 is 1.11 bits per heavy atom. The zero-order valence-corrected chi connectivity index (χ0v) is 11.4. The lowest BCUT2D eigenvalue weighted by Crippen LogP contribution is -2.10. The number of carbonyl (C=O) groups is 2. The fourth-order valence-electron chi connectivity index (χ4n) is 1.62. The van der Waals surface area contributed by atoms with Crippen LogP contribution in [0.4, 0.5) is 0 Å². The minimum absolute atomic E-state index is 0.0169. The van der Waals surface area contributed by atoms with Crippen LogP contribution in [0.5, 0.6) is 5.75 Å². The van der Waals surface area contributed by atoms with Gasteiger partial charge in [-0.15, -0.1) is 11.3 Å². The summed E-state index contributed by atoms with van der Waals surface area (Å²) in [6.07, 6.45) is 0.288. The van der Waals surface area contributed by atoms with Gasteiger partial charge in [0, 0.05) is 6.42 Å². The lowest BCUT2D eigenvalue weighted by atomic mass is 10.2. The van der Waals surface area contributed by atoms with Gasteiger partial charge in [-0.3, -0.25) is 9.59 Å². The molecule has 0 atom stereocenters. The van der Waals surface area contributed by atoms with E-state index in [4.69, 9.17) is 4.74 Å². The summed E-state index contributed by atoms with van der Waals surface area (Å²) in [7, 11) is 0. The summed E-state index contributed by atoms with van der Waals surface area (Å²) in [5.74, 6) is 0.159. The number of aryl methyl sites for hydroxylation is 1. The van der Waals surface area contributed by atoms with Crippen molar-refractivity contribution in [2.24, 2.45) is 0 Å². The zero-order chi connectivity index (χ0) is 13.7. The van der Waals surface area contributed by atoms with E-state index < -0.39 is 0 Å². The summed E-state index contributed by atoms with van der Waals surface area (Å²) in [5.41, 5.74) is 0.903. The molecule has 0 fully saturated rings. The fourth-order valence-corrected chi connectivity index (χ4v) is 2.32. The Labute approximate surface area is 115 Å². The van der Waals surface area contributed by atoms with E-state index in [9.17, 15) is 9.59 Å². The number of carbonyl (C=O) groups excluding carboxylic acids is 2. The van der Waals surface area contributed by atoms with Crippen LogP contribution >= 0.6 is 11.3 Å². The molecular formula is C15H14O3S. The molecule has 0 N–H and O–H groups in total. The number of ketones is 1. The summed E-state index contributed by atoms with van der Waals surface area (Å²) in [4.78, 5) is 24.1. The van der Waals surface area contributed by atoms with Gasteiger partial charge >= 0.3 is 5.97 Å². The quantitative estimate of drug-likeness (QED) is 0.475. The molecule has 3 nitrogen and oxygen atoms in total. The van der Waals surface area contributed by atoms with Crippen LogP contribution < -0.4 is 4.74 Å². The first-order valence-corrected chi connectivity index (χ1v) is 6.88. The van der Waals surface area contributed by atoms with Gasteiger partial charge in [0.1, 0.15) is 5.75 Å². The number of para-hydroxylation sites is 1. The molecule has 19 heavy (non-hydrogen) atoms. The Bertz CT molecular complexity index is 573. The van der Waals surface area contributed by atoms with Crippen molar-refractivity contribution in [3.63, 3.8) is 0 Å². The van der Waals surface area contributed by atoms with E-state index in [0.717, 1.165) is 5.56 Å². The summed E-state index contributed by atoms with van der Waals surface area (Å²) in [6, 6.07) is 10.9. The standard InChI is InChI=1S/C15H14O3S/c1-11-5-2-3-6-13(11)18-15(17)9-8-12(16)14-7-4-10-19-14/h2-7,10H,8-9H2,1H3.